The largest absolute Gasteiger partial charge is 0.482 e. The number of anilines is 3. The van der Waals surface area contributed by atoms with E-state index < -0.39 is 20.6 Å². The minimum Gasteiger partial charge on any atom is -0.482 e. The van der Waals surface area contributed by atoms with Crippen LogP contribution in [0.3, 0.4) is 0 Å². The minimum atomic E-state index is -4.09. The molecule has 3 aromatic rings. The van der Waals surface area contributed by atoms with E-state index in [1.54, 1.807) is 25.1 Å². The average molecular weight is 516 g/mol. The number of fused-ring (bicyclic) bond motifs is 1. The first-order valence-corrected chi connectivity index (χ1v) is 11.9. The van der Waals surface area contributed by atoms with Gasteiger partial charge in [0.25, 0.3) is 21.6 Å². The fraction of sp³-hybridized carbons (Fsp3) is 0.0909. The summed E-state index contributed by atoms with van der Waals surface area (Å²) >= 11 is 5.81. The van der Waals surface area contributed by atoms with Crippen molar-refractivity contribution in [3.63, 3.8) is 0 Å². The van der Waals surface area contributed by atoms with Crippen LogP contribution in [-0.2, 0) is 14.8 Å². The Balaban J connectivity index is 1.57. The molecule has 4 rings (SSSR count). The van der Waals surface area contributed by atoms with E-state index in [2.05, 4.69) is 20.6 Å². The van der Waals surface area contributed by atoms with E-state index in [0.717, 1.165) is 6.07 Å². The molecule has 0 spiro atoms. The molecule has 180 valence electrons. The molecule has 0 bridgehead atoms. The van der Waals surface area contributed by atoms with Gasteiger partial charge in [0.1, 0.15) is 11.4 Å². The van der Waals surface area contributed by atoms with Gasteiger partial charge in [-0.1, -0.05) is 11.6 Å². The van der Waals surface area contributed by atoms with E-state index in [1.807, 2.05) is 0 Å². The summed E-state index contributed by atoms with van der Waals surface area (Å²) in [7, 11) is -4.09. The molecule has 0 atom stereocenters. The molecule has 0 unspecified atom stereocenters. The molecule has 1 aliphatic heterocycles. The van der Waals surface area contributed by atoms with E-state index in [4.69, 9.17) is 16.3 Å². The Hall–Kier alpha value is -4.16. The number of sulfonamides is 1. The van der Waals surface area contributed by atoms with Gasteiger partial charge in [0, 0.05) is 16.8 Å². The lowest BCUT2D eigenvalue weighted by Crippen LogP contribution is -2.25. The first-order chi connectivity index (χ1) is 16.6. The van der Waals surface area contributed by atoms with Crippen LogP contribution in [0.4, 0.5) is 22.7 Å². The molecule has 13 heteroatoms. The molecule has 3 N–H and O–H groups in total. The third kappa shape index (κ3) is 5.50. The summed E-state index contributed by atoms with van der Waals surface area (Å²) in [4.78, 5) is 22.2. The molecule has 35 heavy (non-hydrogen) atoms. The third-order valence-electron chi connectivity index (χ3n) is 4.95. The third-order valence-corrected chi connectivity index (χ3v) is 6.58. The van der Waals surface area contributed by atoms with Crippen LogP contribution in [0.25, 0.3) is 0 Å². The molecule has 1 amide bonds. The van der Waals surface area contributed by atoms with Gasteiger partial charge in [-0.15, -0.1) is 0 Å². The number of nitrogens with zero attached hydrogens (tertiary/aromatic N) is 2. The Labute approximate surface area is 205 Å². The predicted octanol–water partition coefficient (Wildman–Crippen LogP) is 4.22. The van der Waals surface area contributed by atoms with Gasteiger partial charge in [-0.3, -0.25) is 25.1 Å². The van der Waals surface area contributed by atoms with Crippen LogP contribution in [0.5, 0.6) is 5.75 Å². The summed E-state index contributed by atoms with van der Waals surface area (Å²) < 4.78 is 33.1. The number of nitro groups is 1. The summed E-state index contributed by atoms with van der Waals surface area (Å²) in [6.07, 6.45) is 0. The van der Waals surface area contributed by atoms with Crippen molar-refractivity contribution in [2.75, 3.05) is 22.1 Å². The maximum atomic E-state index is 12.7. The van der Waals surface area contributed by atoms with Gasteiger partial charge in [-0.2, -0.15) is 5.10 Å². The van der Waals surface area contributed by atoms with Crippen molar-refractivity contribution < 1.29 is 22.9 Å². The number of amides is 1. The number of halogens is 1. The Morgan fingerprint density at radius 1 is 1.14 bits per heavy atom. The number of benzene rings is 3. The number of hydrazone groups is 1. The van der Waals surface area contributed by atoms with E-state index >= 15 is 0 Å². The number of carbonyl (C=O) groups excluding carboxylic acids is 1. The maximum absolute atomic E-state index is 12.7. The molecule has 1 heterocycles. The van der Waals surface area contributed by atoms with Crippen molar-refractivity contribution in [1.29, 1.82) is 0 Å². The van der Waals surface area contributed by atoms with Crippen LogP contribution in [-0.4, -0.2) is 31.6 Å². The highest BCUT2D eigenvalue weighted by Crippen LogP contribution is 2.30. The Kier molecular flexibility index (Phi) is 6.58. The number of carbonyl (C=O) groups is 1. The van der Waals surface area contributed by atoms with Gasteiger partial charge >= 0.3 is 0 Å². The smallest absolute Gasteiger partial charge is 0.295 e. The zero-order valence-corrected chi connectivity index (χ0v) is 19.7. The van der Waals surface area contributed by atoms with Gasteiger partial charge in [-0.25, -0.2) is 8.42 Å². The lowest BCUT2D eigenvalue weighted by molar-refractivity contribution is -0.384. The molecule has 0 aliphatic carbocycles. The number of nitro benzene ring substituents is 1. The highest BCUT2D eigenvalue weighted by Gasteiger charge is 2.22. The number of rotatable bonds is 7. The van der Waals surface area contributed by atoms with Gasteiger partial charge in [0.05, 0.1) is 21.2 Å². The maximum Gasteiger partial charge on any atom is 0.295 e. The first-order valence-electron chi connectivity index (χ1n) is 10.1. The van der Waals surface area contributed by atoms with Crippen LogP contribution in [0.2, 0.25) is 5.02 Å². The molecule has 0 saturated heterocycles. The van der Waals surface area contributed by atoms with E-state index in [9.17, 15) is 23.3 Å². The van der Waals surface area contributed by atoms with Crippen LogP contribution < -0.4 is 20.2 Å². The molecule has 0 fully saturated rings. The number of hydrogen-bond donors (Lipinski definition) is 3. The molecule has 11 nitrogen and oxygen atoms in total. The Morgan fingerprint density at radius 3 is 2.60 bits per heavy atom. The molecule has 0 aromatic heterocycles. The van der Waals surface area contributed by atoms with Crippen LogP contribution in [0, 0.1) is 10.1 Å². The van der Waals surface area contributed by atoms with Gasteiger partial charge in [0.15, 0.2) is 6.61 Å². The molecule has 0 radical (unpaired) electrons. The molecular formula is C22H18ClN5O6S. The van der Waals surface area contributed by atoms with Crippen molar-refractivity contribution in [2.24, 2.45) is 5.10 Å². The van der Waals surface area contributed by atoms with E-state index in [-0.39, 0.29) is 28.8 Å². The summed E-state index contributed by atoms with van der Waals surface area (Å²) in [6, 6.07) is 14.5. The van der Waals surface area contributed by atoms with E-state index in [0.29, 0.717) is 27.7 Å². The zero-order chi connectivity index (χ0) is 25.2. The molecule has 3 aromatic carbocycles. The van der Waals surface area contributed by atoms with Crippen LogP contribution >= 0.6 is 11.6 Å². The fourth-order valence-electron chi connectivity index (χ4n) is 3.17. The highest BCUT2D eigenvalue weighted by atomic mass is 35.5. The fourth-order valence-corrected chi connectivity index (χ4v) is 4.38. The second-order valence-corrected chi connectivity index (χ2v) is 9.52. The zero-order valence-electron chi connectivity index (χ0n) is 18.1. The Bertz CT molecular complexity index is 1460. The minimum absolute atomic E-state index is 0.00520. The second-order valence-electron chi connectivity index (χ2n) is 7.41. The summed E-state index contributed by atoms with van der Waals surface area (Å²) in [5, 5.41) is 18.9. The van der Waals surface area contributed by atoms with Crippen molar-refractivity contribution in [1.82, 2.24) is 0 Å². The number of hydrogen-bond acceptors (Lipinski definition) is 8. The molecule has 1 aliphatic rings. The summed E-state index contributed by atoms with van der Waals surface area (Å²) in [5.41, 5.74) is 3.97. The lowest BCUT2D eigenvalue weighted by Gasteiger charge is -2.18. The molecular weight excluding hydrogens is 498 g/mol. The predicted molar refractivity (Wildman–Crippen MR) is 132 cm³/mol. The van der Waals surface area contributed by atoms with Crippen molar-refractivity contribution in [3.05, 3.63) is 81.4 Å². The lowest BCUT2D eigenvalue weighted by atomic mass is 10.1. The summed E-state index contributed by atoms with van der Waals surface area (Å²) in [6.45, 7) is 1.60. The van der Waals surface area contributed by atoms with Crippen molar-refractivity contribution in [3.8, 4) is 5.75 Å². The molecule has 0 saturated carbocycles. The Morgan fingerprint density at radius 2 is 1.89 bits per heavy atom. The first kappa shape index (κ1) is 24.0. The summed E-state index contributed by atoms with van der Waals surface area (Å²) in [5.74, 6) is 0.243. The van der Waals surface area contributed by atoms with Gasteiger partial charge in [0.2, 0.25) is 0 Å². The topological polar surface area (TPSA) is 152 Å². The monoisotopic (exact) mass is 515 g/mol. The average Bonchev–Trinajstić information content (AvgIpc) is 2.83. The quantitative estimate of drug-likeness (QED) is 0.242. The van der Waals surface area contributed by atoms with E-state index in [1.165, 1.54) is 36.4 Å². The van der Waals surface area contributed by atoms with Gasteiger partial charge in [-0.05, 0) is 67.1 Å². The second kappa shape index (κ2) is 9.60. The normalized spacial score (nSPS) is 13.3. The SMILES string of the molecule is C/C(=N/Nc1ccc(S(=O)(=O)Nc2ccc(Cl)cc2)cc1[N+](=O)[O-])c1ccc2c(c1)NC(=O)CO2. The standard InChI is InChI=1S/C22H18ClN5O6S/c1-13(14-2-9-21-19(10-14)24-22(29)12-34-21)25-26-18-8-7-17(11-20(18)28(30)31)35(32,33)27-16-5-3-15(23)4-6-16/h2-11,26-27H,12H2,1H3,(H,24,29)/b25-13-. The van der Waals surface area contributed by atoms with Gasteiger partial charge < -0.3 is 10.1 Å². The number of nitrogens with one attached hydrogen (secondary N) is 3. The van der Waals surface area contributed by atoms with Crippen molar-refractivity contribution in [2.45, 2.75) is 11.8 Å². The van der Waals surface area contributed by atoms with Crippen LogP contribution in [0.15, 0.2) is 70.7 Å². The van der Waals surface area contributed by atoms with Crippen LogP contribution in [0.1, 0.15) is 12.5 Å². The highest BCUT2D eigenvalue weighted by molar-refractivity contribution is 7.92. The number of ether oxygens (including phenoxy) is 1. The van der Waals surface area contributed by atoms with Crippen molar-refractivity contribution >= 4 is 56.0 Å².